The van der Waals surface area contributed by atoms with E-state index < -0.39 is 0 Å². The van der Waals surface area contributed by atoms with Crippen LogP contribution in [-0.4, -0.2) is 43.5 Å². The zero-order chi connectivity index (χ0) is 13.7. The van der Waals surface area contributed by atoms with E-state index in [9.17, 15) is 9.18 Å². The molecule has 19 heavy (non-hydrogen) atoms. The summed E-state index contributed by atoms with van der Waals surface area (Å²) in [5, 5.41) is 0. The second-order valence-corrected chi connectivity index (χ2v) is 4.94. The molecule has 104 valence electrons. The number of ether oxygens (including phenoxy) is 1. The molecule has 3 nitrogen and oxygen atoms in total. The molecule has 0 atom stereocenters. The van der Waals surface area contributed by atoms with Crippen LogP contribution in [0.5, 0.6) is 0 Å². The first-order valence-corrected chi connectivity index (χ1v) is 6.76. The maximum atomic E-state index is 13.4. The molecule has 0 aliphatic carbocycles. The maximum Gasteiger partial charge on any atom is 0.164 e. The van der Waals surface area contributed by atoms with Gasteiger partial charge < -0.3 is 9.64 Å². The van der Waals surface area contributed by atoms with Crippen molar-refractivity contribution in [2.24, 2.45) is 0 Å². The van der Waals surface area contributed by atoms with Crippen LogP contribution in [0.4, 0.5) is 4.39 Å². The first kappa shape index (κ1) is 14.2. The first-order chi connectivity index (χ1) is 9.16. The smallest absolute Gasteiger partial charge is 0.164 e. The van der Waals surface area contributed by atoms with Crippen LogP contribution < -0.4 is 0 Å². The molecular formula is C15H20FNO2. The van der Waals surface area contributed by atoms with Crippen LogP contribution in [0.25, 0.3) is 0 Å². The molecule has 1 aromatic carbocycles. The number of hydrogen-bond donors (Lipinski definition) is 0. The van der Waals surface area contributed by atoms with E-state index in [1.54, 1.807) is 19.1 Å². The summed E-state index contributed by atoms with van der Waals surface area (Å²) < 4.78 is 18.8. The fraction of sp³-hybridized carbons (Fsp3) is 0.533. The summed E-state index contributed by atoms with van der Waals surface area (Å²) in [4.78, 5) is 14.2. The monoisotopic (exact) mass is 265 g/mol. The molecule has 0 N–H and O–H groups in total. The summed E-state index contributed by atoms with van der Waals surface area (Å²) in [6, 6.07) is 4.69. The average Bonchev–Trinajstić information content (AvgIpc) is 2.67. The van der Waals surface area contributed by atoms with E-state index in [0.717, 1.165) is 39.3 Å². The van der Waals surface area contributed by atoms with E-state index in [2.05, 4.69) is 4.90 Å². The third-order valence-corrected chi connectivity index (χ3v) is 3.46. The number of halogens is 1. The van der Waals surface area contributed by atoms with Crippen LogP contribution in [-0.2, 0) is 4.74 Å². The Balaban J connectivity index is 1.87. The fourth-order valence-electron chi connectivity index (χ4n) is 2.19. The standard InChI is InChI=1S/C15H20FNO2/c1-12-3-4-13(11-14(12)16)15(18)5-7-17-6-2-9-19-10-8-17/h3-4,11H,2,5-10H2,1H3. The van der Waals surface area contributed by atoms with Crippen LogP contribution >= 0.6 is 0 Å². The van der Waals surface area contributed by atoms with Crippen LogP contribution in [0.3, 0.4) is 0 Å². The molecule has 4 heteroatoms. The molecule has 0 saturated carbocycles. The highest BCUT2D eigenvalue weighted by Gasteiger charge is 2.13. The highest BCUT2D eigenvalue weighted by Crippen LogP contribution is 2.11. The second kappa shape index (κ2) is 6.78. The molecule has 0 radical (unpaired) electrons. The molecule has 1 saturated heterocycles. The van der Waals surface area contributed by atoms with Gasteiger partial charge in [0.2, 0.25) is 0 Å². The van der Waals surface area contributed by atoms with Gasteiger partial charge >= 0.3 is 0 Å². The lowest BCUT2D eigenvalue weighted by Gasteiger charge is -2.18. The third-order valence-electron chi connectivity index (χ3n) is 3.46. The van der Waals surface area contributed by atoms with Gasteiger partial charge in [-0.25, -0.2) is 4.39 Å². The molecular weight excluding hydrogens is 245 g/mol. The Morgan fingerprint density at radius 2 is 2.21 bits per heavy atom. The number of ketones is 1. The number of nitrogens with zero attached hydrogens (tertiary/aromatic N) is 1. The summed E-state index contributed by atoms with van der Waals surface area (Å²) in [6.07, 6.45) is 1.44. The largest absolute Gasteiger partial charge is 0.380 e. The number of aryl methyl sites for hydroxylation is 1. The van der Waals surface area contributed by atoms with E-state index in [1.807, 2.05) is 0 Å². The van der Waals surface area contributed by atoms with Crippen molar-refractivity contribution in [2.75, 3.05) is 32.8 Å². The van der Waals surface area contributed by atoms with Gasteiger partial charge in [-0.3, -0.25) is 4.79 Å². The SMILES string of the molecule is Cc1ccc(C(=O)CCN2CCCOCC2)cc1F. The van der Waals surface area contributed by atoms with E-state index in [1.165, 1.54) is 6.07 Å². The molecule has 0 spiro atoms. The average molecular weight is 265 g/mol. The Bertz CT molecular complexity index is 440. The molecule has 0 bridgehead atoms. The Morgan fingerprint density at radius 3 is 3.00 bits per heavy atom. The third kappa shape index (κ3) is 4.11. The molecule has 1 aromatic rings. The van der Waals surface area contributed by atoms with E-state index in [4.69, 9.17) is 4.74 Å². The summed E-state index contributed by atoms with van der Waals surface area (Å²) in [5.41, 5.74) is 1.04. The molecule has 1 aliphatic rings. The van der Waals surface area contributed by atoms with Gasteiger partial charge in [-0.05, 0) is 25.0 Å². The van der Waals surface area contributed by atoms with Crippen molar-refractivity contribution in [3.05, 3.63) is 35.1 Å². The number of benzene rings is 1. The Hall–Kier alpha value is -1.26. The summed E-state index contributed by atoms with van der Waals surface area (Å²) in [7, 11) is 0. The second-order valence-electron chi connectivity index (χ2n) is 4.94. The highest BCUT2D eigenvalue weighted by molar-refractivity contribution is 5.96. The van der Waals surface area contributed by atoms with Gasteiger partial charge in [-0.1, -0.05) is 12.1 Å². The molecule has 1 aliphatic heterocycles. The number of hydrogen-bond acceptors (Lipinski definition) is 3. The van der Waals surface area contributed by atoms with Crippen molar-refractivity contribution >= 4 is 5.78 Å². The van der Waals surface area contributed by atoms with E-state index in [0.29, 0.717) is 17.5 Å². The van der Waals surface area contributed by atoms with Crippen LogP contribution in [0.2, 0.25) is 0 Å². The molecule has 0 unspecified atom stereocenters. The maximum absolute atomic E-state index is 13.4. The van der Waals surface area contributed by atoms with Crippen molar-refractivity contribution in [3.63, 3.8) is 0 Å². The van der Waals surface area contributed by atoms with Crippen LogP contribution in [0, 0.1) is 12.7 Å². The van der Waals surface area contributed by atoms with Gasteiger partial charge in [0.1, 0.15) is 5.82 Å². The lowest BCUT2D eigenvalue weighted by Crippen LogP contribution is -2.28. The zero-order valence-corrected chi connectivity index (χ0v) is 11.3. The Morgan fingerprint density at radius 1 is 1.37 bits per heavy atom. The van der Waals surface area contributed by atoms with Crippen molar-refractivity contribution in [1.82, 2.24) is 4.90 Å². The molecule has 1 fully saturated rings. The fourth-order valence-corrected chi connectivity index (χ4v) is 2.19. The molecule has 2 rings (SSSR count). The van der Waals surface area contributed by atoms with Crippen molar-refractivity contribution < 1.29 is 13.9 Å². The summed E-state index contributed by atoms with van der Waals surface area (Å²) in [6.45, 7) is 5.78. The number of carbonyl (C=O) groups excluding carboxylic acids is 1. The van der Waals surface area contributed by atoms with Gasteiger partial charge in [-0.2, -0.15) is 0 Å². The summed E-state index contributed by atoms with van der Waals surface area (Å²) in [5.74, 6) is -0.307. The molecule has 1 heterocycles. The minimum Gasteiger partial charge on any atom is -0.380 e. The quantitative estimate of drug-likeness (QED) is 0.783. The van der Waals surface area contributed by atoms with Crippen molar-refractivity contribution in [1.29, 1.82) is 0 Å². The lowest BCUT2D eigenvalue weighted by atomic mass is 10.1. The highest BCUT2D eigenvalue weighted by atomic mass is 19.1. The van der Waals surface area contributed by atoms with Gasteiger partial charge in [0.05, 0.1) is 6.61 Å². The number of rotatable bonds is 4. The first-order valence-electron chi connectivity index (χ1n) is 6.76. The minimum absolute atomic E-state index is 0.00376. The zero-order valence-electron chi connectivity index (χ0n) is 11.3. The van der Waals surface area contributed by atoms with E-state index in [-0.39, 0.29) is 11.6 Å². The van der Waals surface area contributed by atoms with Crippen molar-refractivity contribution in [3.8, 4) is 0 Å². The van der Waals surface area contributed by atoms with Crippen LogP contribution in [0.1, 0.15) is 28.8 Å². The normalized spacial score (nSPS) is 17.2. The van der Waals surface area contributed by atoms with Crippen molar-refractivity contribution in [2.45, 2.75) is 19.8 Å². The Kier molecular flexibility index (Phi) is 5.05. The van der Waals surface area contributed by atoms with Gasteiger partial charge in [-0.15, -0.1) is 0 Å². The summed E-state index contributed by atoms with van der Waals surface area (Å²) >= 11 is 0. The van der Waals surface area contributed by atoms with Gasteiger partial charge in [0, 0.05) is 38.2 Å². The number of carbonyl (C=O) groups is 1. The van der Waals surface area contributed by atoms with Crippen LogP contribution in [0.15, 0.2) is 18.2 Å². The predicted octanol–water partition coefficient (Wildman–Crippen LogP) is 2.43. The lowest BCUT2D eigenvalue weighted by molar-refractivity contribution is 0.0959. The van der Waals surface area contributed by atoms with Gasteiger partial charge in [0.15, 0.2) is 5.78 Å². The molecule has 0 amide bonds. The number of Topliss-reactive ketones (excluding diaryl/α,β-unsaturated/α-hetero) is 1. The molecule has 0 aromatic heterocycles. The minimum atomic E-state index is -0.311. The Labute approximate surface area is 113 Å². The topological polar surface area (TPSA) is 29.5 Å². The van der Waals surface area contributed by atoms with E-state index >= 15 is 0 Å². The predicted molar refractivity (Wildman–Crippen MR) is 72.0 cm³/mol. The van der Waals surface area contributed by atoms with Gasteiger partial charge in [0.25, 0.3) is 0 Å².